The molecule has 0 spiro atoms. The summed E-state index contributed by atoms with van der Waals surface area (Å²) in [6.45, 7) is -0.349. The van der Waals surface area contributed by atoms with Crippen LogP contribution in [0.1, 0.15) is 44.9 Å². The summed E-state index contributed by atoms with van der Waals surface area (Å²) in [4.78, 5) is 0. The third-order valence-electron chi connectivity index (χ3n) is 2.24. The number of aliphatic hydroxyl groups is 4. The van der Waals surface area contributed by atoms with Crippen molar-refractivity contribution < 1.29 is 20.4 Å². The molecule has 0 aliphatic heterocycles. The normalized spacial score (nSPS) is 12.0. The highest BCUT2D eigenvalue weighted by Gasteiger charge is 2.20. The fourth-order valence-electron chi connectivity index (χ4n) is 1.31. The van der Waals surface area contributed by atoms with Gasteiger partial charge in [0.05, 0.1) is 6.61 Å². The van der Waals surface area contributed by atoms with Crippen LogP contribution in [0.25, 0.3) is 0 Å². The minimum Gasteiger partial charge on any atom is -0.396 e. The van der Waals surface area contributed by atoms with Crippen LogP contribution in [-0.2, 0) is 0 Å². The predicted molar refractivity (Wildman–Crippen MR) is 53.7 cm³/mol. The van der Waals surface area contributed by atoms with E-state index in [4.69, 9.17) is 20.4 Å². The topological polar surface area (TPSA) is 80.9 Å². The van der Waals surface area contributed by atoms with Crippen molar-refractivity contribution in [1.29, 1.82) is 0 Å². The number of hydrogen-bond donors (Lipinski definition) is 4. The minimum absolute atomic E-state index is 0.226. The molecule has 14 heavy (non-hydrogen) atoms. The Morgan fingerprint density at radius 3 is 1.71 bits per heavy atom. The van der Waals surface area contributed by atoms with Gasteiger partial charge in [0.1, 0.15) is 0 Å². The summed E-state index contributed by atoms with van der Waals surface area (Å²) in [6.07, 6.45) is 5.87. The fraction of sp³-hybridized carbons (Fsp3) is 1.00. The third kappa shape index (κ3) is 8.44. The van der Waals surface area contributed by atoms with E-state index < -0.39 is 12.4 Å². The summed E-state index contributed by atoms with van der Waals surface area (Å²) in [7, 11) is 0. The molecule has 0 saturated carbocycles. The van der Waals surface area contributed by atoms with E-state index in [1.807, 2.05) is 0 Å². The van der Waals surface area contributed by atoms with Gasteiger partial charge in [-0.3, -0.25) is 0 Å². The summed E-state index contributed by atoms with van der Waals surface area (Å²) in [6, 6.07) is 0. The van der Waals surface area contributed by atoms with Crippen LogP contribution < -0.4 is 0 Å². The molecule has 0 aromatic heterocycles. The molecule has 0 aliphatic carbocycles. The summed E-state index contributed by atoms with van der Waals surface area (Å²) < 4.78 is 0. The standard InChI is InChI=1S/C10H22O4/c11-8-6-4-2-1-3-5-7-10(13,14)9-12/h11-14H,1-9H2. The molecule has 0 atom stereocenters. The third-order valence-corrected chi connectivity index (χ3v) is 2.24. The molecule has 0 saturated heterocycles. The molecule has 0 heterocycles. The Kier molecular flexibility index (Phi) is 8.08. The largest absolute Gasteiger partial charge is 0.396 e. The molecule has 0 aliphatic rings. The lowest BCUT2D eigenvalue weighted by molar-refractivity contribution is -0.191. The number of unbranched alkanes of at least 4 members (excludes halogenated alkanes) is 5. The highest BCUT2D eigenvalue weighted by Crippen LogP contribution is 2.13. The van der Waals surface area contributed by atoms with Crippen molar-refractivity contribution in [3.05, 3.63) is 0 Å². The van der Waals surface area contributed by atoms with E-state index in [1.165, 1.54) is 0 Å². The molecule has 4 N–H and O–H groups in total. The molecule has 0 radical (unpaired) electrons. The molecule has 86 valence electrons. The van der Waals surface area contributed by atoms with Crippen LogP contribution >= 0.6 is 0 Å². The molecule has 0 aromatic rings. The van der Waals surface area contributed by atoms with E-state index in [9.17, 15) is 0 Å². The highest BCUT2D eigenvalue weighted by atomic mass is 16.5. The molecular weight excluding hydrogens is 184 g/mol. The van der Waals surface area contributed by atoms with Crippen LogP contribution in [0.5, 0.6) is 0 Å². The number of hydrogen-bond acceptors (Lipinski definition) is 4. The van der Waals surface area contributed by atoms with E-state index in [0.717, 1.165) is 32.1 Å². The quantitative estimate of drug-likeness (QED) is 0.325. The lowest BCUT2D eigenvalue weighted by Gasteiger charge is -2.18. The van der Waals surface area contributed by atoms with Gasteiger partial charge in [0.25, 0.3) is 0 Å². The van der Waals surface area contributed by atoms with E-state index in [0.29, 0.717) is 6.42 Å². The van der Waals surface area contributed by atoms with Crippen molar-refractivity contribution in [1.82, 2.24) is 0 Å². The smallest absolute Gasteiger partial charge is 0.186 e. The monoisotopic (exact) mass is 206 g/mol. The van der Waals surface area contributed by atoms with E-state index >= 15 is 0 Å². The maximum atomic E-state index is 9.04. The SMILES string of the molecule is OCCCCCCCCC(O)(O)CO. The van der Waals surface area contributed by atoms with Gasteiger partial charge >= 0.3 is 0 Å². The zero-order chi connectivity index (χ0) is 10.9. The second-order valence-corrected chi connectivity index (χ2v) is 3.74. The first-order chi connectivity index (χ1) is 6.62. The van der Waals surface area contributed by atoms with Crippen LogP contribution in [0.2, 0.25) is 0 Å². The Morgan fingerprint density at radius 2 is 1.21 bits per heavy atom. The van der Waals surface area contributed by atoms with E-state index in [1.54, 1.807) is 0 Å². The van der Waals surface area contributed by atoms with Crippen LogP contribution in [0.3, 0.4) is 0 Å². The molecule has 0 rings (SSSR count). The zero-order valence-corrected chi connectivity index (χ0v) is 8.65. The van der Waals surface area contributed by atoms with Gasteiger partial charge in [0.2, 0.25) is 0 Å². The van der Waals surface area contributed by atoms with Crippen molar-refractivity contribution in [2.24, 2.45) is 0 Å². The average molecular weight is 206 g/mol. The van der Waals surface area contributed by atoms with Crippen molar-refractivity contribution >= 4 is 0 Å². The van der Waals surface area contributed by atoms with E-state index in [2.05, 4.69) is 0 Å². The Hall–Kier alpha value is -0.160. The van der Waals surface area contributed by atoms with Gasteiger partial charge in [0.15, 0.2) is 5.79 Å². The molecule has 4 nitrogen and oxygen atoms in total. The van der Waals surface area contributed by atoms with Crippen molar-refractivity contribution in [2.75, 3.05) is 13.2 Å². The molecule has 0 fully saturated rings. The zero-order valence-electron chi connectivity index (χ0n) is 8.65. The summed E-state index contributed by atoms with van der Waals surface area (Å²) in [5, 5.41) is 35.1. The molecule has 0 amide bonds. The lowest BCUT2D eigenvalue weighted by Crippen LogP contribution is -2.32. The first-order valence-corrected chi connectivity index (χ1v) is 5.29. The van der Waals surface area contributed by atoms with Crippen LogP contribution in [-0.4, -0.2) is 39.4 Å². The Morgan fingerprint density at radius 1 is 0.714 bits per heavy atom. The second-order valence-electron chi connectivity index (χ2n) is 3.74. The first kappa shape index (κ1) is 13.8. The first-order valence-electron chi connectivity index (χ1n) is 5.29. The molecule has 0 bridgehead atoms. The minimum atomic E-state index is -1.90. The lowest BCUT2D eigenvalue weighted by atomic mass is 10.1. The highest BCUT2D eigenvalue weighted by molar-refractivity contribution is 4.61. The number of rotatable bonds is 9. The van der Waals surface area contributed by atoms with Gasteiger partial charge in [-0.05, 0) is 12.8 Å². The Labute approximate surface area is 85.2 Å². The van der Waals surface area contributed by atoms with Gasteiger partial charge in [-0.2, -0.15) is 0 Å². The van der Waals surface area contributed by atoms with Crippen LogP contribution in [0.15, 0.2) is 0 Å². The van der Waals surface area contributed by atoms with E-state index in [-0.39, 0.29) is 13.0 Å². The summed E-state index contributed by atoms with van der Waals surface area (Å²) in [5.74, 6) is -1.90. The van der Waals surface area contributed by atoms with Crippen LogP contribution in [0, 0.1) is 0 Å². The molecule has 4 heteroatoms. The van der Waals surface area contributed by atoms with Gasteiger partial charge in [-0.25, -0.2) is 0 Å². The van der Waals surface area contributed by atoms with Crippen molar-refractivity contribution in [2.45, 2.75) is 50.7 Å². The maximum absolute atomic E-state index is 9.04. The van der Waals surface area contributed by atoms with Crippen molar-refractivity contribution in [3.8, 4) is 0 Å². The van der Waals surface area contributed by atoms with Gasteiger partial charge in [0, 0.05) is 13.0 Å². The summed E-state index contributed by atoms with van der Waals surface area (Å²) >= 11 is 0. The Bertz CT molecular complexity index is 125. The maximum Gasteiger partial charge on any atom is 0.186 e. The molecule has 0 aromatic carbocycles. The van der Waals surface area contributed by atoms with Crippen LogP contribution in [0.4, 0.5) is 0 Å². The molecule has 0 unspecified atom stereocenters. The second kappa shape index (κ2) is 8.17. The van der Waals surface area contributed by atoms with Crippen molar-refractivity contribution in [3.63, 3.8) is 0 Å². The fourth-order valence-corrected chi connectivity index (χ4v) is 1.31. The predicted octanol–water partition coefficient (Wildman–Crippen LogP) is 0.383. The molecular formula is C10H22O4. The summed E-state index contributed by atoms with van der Waals surface area (Å²) in [5.41, 5.74) is 0. The van der Waals surface area contributed by atoms with Gasteiger partial charge in [-0.1, -0.05) is 25.7 Å². The number of aliphatic hydroxyl groups excluding tert-OH is 2. The van der Waals surface area contributed by atoms with Gasteiger partial charge < -0.3 is 20.4 Å². The van der Waals surface area contributed by atoms with Gasteiger partial charge in [-0.15, -0.1) is 0 Å². The average Bonchev–Trinajstić information content (AvgIpc) is 2.16. The Balaban J connectivity index is 3.13.